The van der Waals surface area contributed by atoms with Gasteiger partial charge in [0.1, 0.15) is 11.6 Å². The Labute approximate surface area is 247 Å². The van der Waals surface area contributed by atoms with E-state index in [0.717, 1.165) is 50.5 Å². The maximum Gasteiger partial charge on any atom is 0.243 e. The molecule has 1 saturated heterocycles. The molecule has 216 valence electrons. The molecular formula is C33H36N6O2S. The van der Waals surface area contributed by atoms with Crippen LogP contribution in [0.25, 0.3) is 16.7 Å². The Bertz CT molecular complexity index is 1830. The van der Waals surface area contributed by atoms with Crippen molar-refractivity contribution in [1.29, 1.82) is 0 Å². The van der Waals surface area contributed by atoms with Crippen LogP contribution in [0, 0.1) is 27.7 Å². The van der Waals surface area contributed by atoms with Crippen molar-refractivity contribution in [2.75, 3.05) is 31.1 Å². The van der Waals surface area contributed by atoms with Crippen molar-refractivity contribution in [3.63, 3.8) is 0 Å². The zero-order valence-corrected chi connectivity index (χ0v) is 25.4. The minimum absolute atomic E-state index is 0.375. The van der Waals surface area contributed by atoms with Crippen molar-refractivity contribution < 1.29 is 8.42 Å². The van der Waals surface area contributed by atoms with Gasteiger partial charge in [-0.15, -0.1) is 0 Å². The second kappa shape index (κ2) is 11.3. The number of nitrogens with zero attached hydrogens (tertiary/aromatic N) is 6. The van der Waals surface area contributed by atoms with Crippen LogP contribution in [0.5, 0.6) is 0 Å². The van der Waals surface area contributed by atoms with Crippen LogP contribution in [0.4, 0.5) is 5.82 Å². The molecule has 0 saturated carbocycles. The zero-order valence-electron chi connectivity index (χ0n) is 24.6. The summed E-state index contributed by atoms with van der Waals surface area (Å²) < 4.78 is 31.3. The Kier molecular flexibility index (Phi) is 7.55. The molecule has 9 heteroatoms. The Balaban J connectivity index is 1.39. The fourth-order valence-corrected chi connectivity index (χ4v) is 7.97. The molecule has 42 heavy (non-hydrogen) atoms. The van der Waals surface area contributed by atoms with E-state index in [-0.39, 0.29) is 0 Å². The molecule has 0 N–H and O–H groups in total. The first-order valence-corrected chi connectivity index (χ1v) is 15.8. The molecule has 1 aliphatic heterocycles. The average molecular weight is 581 g/mol. The molecule has 5 aromatic rings. The molecule has 0 unspecified atom stereocenters. The van der Waals surface area contributed by atoms with Gasteiger partial charge in [0.25, 0.3) is 0 Å². The van der Waals surface area contributed by atoms with E-state index in [0.29, 0.717) is 49.7 Å². The normalized spacial score (nSPS) is 14.8. The van der Waals surface area contributed by atoms with E-state index in [9.17, 15) is 8.42 Å². The molecule has 1 fully saturated rings. The lowest BCUT2D eigenvalue weighted by atomic mass is 10.1. The van der Waals surface area contributed by atoms with Crippen LogP contribution in [-0.4, -0.2) is 58.7 Å². The summed E-state index contributed by atoms with van der Waals surface area (Å²) in [5, 5.41) is 5.79. The van der Waals surface area contributed by atoms with E-state index in [1.54, 1.807) is 4.31 Å². The van der Waals surface area contributed by atoms with Gasteiger partial charge in [0.05, 0.1) is 21.7 Å². The van der Waals surface area contributed by atoms with Gasteiger partial charge in [-0.05, 0) is 62.9 Å². The Morgan fingerprint density at radius 1 is 0.786 bits per heavy atom. The van der Waals surface area contributed by atoms with E-state index in [4.69, 9.17) is 15.1 Å². The molecule has 0 amide bonds. The summed E-state index contributed by atoms with van der Waals surface area (Å²) in [6.45, 7) is 9.80. The summed E-state index contributed by atoms with van der Waals surface area (Å²) >= 11 is 0. The number of aryl methyl sites for hydroxylation is 4. The molecular weight excluding hydrogens is 544 g/mol. The minimum atomic E-state index is -3.64. The smallest absolute Gasteiger partial charge is 0.243 e. The standard InChI is InChI=1S/C33H36N6O2S/c1-23-20-24(2)31(25(3)21-23)42(40,41)38-17-11-16-37(18-19-38)32-30-26(4)36-39(28-14-9-6-10-15-28)33(30)35-29(34-32)22-27-12-7-5-8-13-27/h5-10,12-15,20-21H,11,16-19,22H2,1-4H3. The third kappa shape index (κ3) is 5.30. The van der Waals surface area contributed by atoms with Gasteiger partial charge in [0.2, 0.25) is 10.0 Å². The summed E-state index contributed by atoms with van der Waals surface area (Å²) in [6.07, 6.45) is 1.28. The highest BCUT2D eigenvalue weighted by atomic mass is 32.2. The van der Waals surface area contributed by atoms with Gasteiger partial charge in [-0.1, -0.05) is 66.2 Å². The second-order valence-electron chi connectivity index (χ2n) is 11.1. The molecule has 0 aliphatic carbocycles. The van der Waals surface area contributed by atoms with Crippen molar-refractivity contribution in [3.05, 3.63) is 107 Å². The summed E-state index contributed by atoms with van der Waals surface area (Å²) in [7, 11) is -3.64. The zero-order chi connectivity index (χ0) is 29.4. The lowest BCUT2D eigenvalue weighted by molar-refractivity contribution is 0.432. The van der Waals surface area contributed by atoms with Crippen molar-refractivity contribution >= 4 is 26.9 Å². The highest BCUT2D eigenvalue weighted by Crippen LogP contribution is 2.31. The molecule has 0 atom stereocenters. The van der Waals surface area contributed by atoms with Crippen molar-refractivity contribution in [2.24, 2.45) is 0 Å². The van der Waals surface area contributed by atoms with Crippen LogP contribution in [0.3, 0.4) is 0 Å². The molecule has 0 spiro atoms. The molecule has 1 aliphatic rings. The van der Waals surface area contributed by atoms with Crippen molar-refractivity contribution in [2.45, 2.75) is 45.4 Å². The summed E-state index contributed by atoms with van der Waals surface area (Å²) in [5.74, 6) is 1.52. The number of fused-ring (bicyclic) bond motifs is 1. The number of rotatable bonds is 6. The highest BCUT2D eigenvalue weighted by Gasteiger charge is 2.31. The first-order chi connectivity index (χ1) is 20.2. The molecule has 6 rings (SSSR count). The first-order valence-electron chi connectivity index (χ1n) is 14.4. The molecule has 0 bridgehead atoms. The van der Waals surface area contributed by atoms with Crippen LogP contribution in [0.15, 0.2) is 77.7 Å². The van der Waals surface area contributed by atoms with E-state index in [2.05, 4.69) is 17.0 Å². The SMILES string of the molecule is Cc1cc(C)c(S(=O)(=O)N2CCCN(c3nc(Cc4ccccc4)nc4c3c(C)nn4-c3ccccc3)CC2)c(C)c1. The predicted molar refractivity (Wildman–Crippen MR) is 167 cm³/mol. The van der Waals surface area contributed by atoms with Crippen LogP contribution < -0.4 is 4.90 Å². The largest absolute Gasteiger partial charge is 0.355 e. The third-order valence-corrected chi connectivity index (χ3v) is 10.1. The maximum absolute atomic E-state index is 13.9. The van der Waals surface area contributed by atoms with Crippen molar-refractivity contribution in [3.8, 4) is 5.69 Å². The molecule has 3 heterocycles. The van der Waals surface area contributed by atoms with Gasteiger partial charge in [-0.25, -0.2) is 23.1 Å². The van der Waals surface area contributed by atoms with Gasteiger partial charge in [0.15, 0.2) is 5.65 Å². The van der Waals surface area contributed by atoms with Gasteiger partial charge < -0.3 is 4.90 Å². The second-order valence-corrected chi connectivity index (χ2v) is 13.0. The monoisotopic (exact) mass is 580 g/mol. The number of hydrogen-bond donors (Lipinski definition) is 0. The number of sulfonamides is 1. The Morgan fingerprint density at radius 3 is 2.14 bits per heavy atom. The van der Waals surface area contributed by atoms with Crippen LogP contribution in [0.2, 0.25) is 0 Å². The van der Waals surface area contributed by atoms with Crippen LogP contribution in [0.1, 0.15) is 40.2 Å². The van der Waals surface area contributed by atoms with Gasteiger partial charge >= 0.3 is 0 Å². The van der Waals surface area contributed by atoms with E-state index < -0.39 is 10.0 Å². The minimum Gasteiger partial charge on any atom is -0.355 e. The third-order valence-electron chi connectivity index (χ3n) is 7.89. The molecule has 0 radical (unpaired) electrons. The first kappa shape index (κ1) is 28.1. The molecule has 8 nitrogen and oxygen atoms in total. The Morgan fingerprint density at radius 2 is 1.45 bits per heavy atom. The van der Waals surface area contributed by atoms with E-state index >= 15 is 0 Å². The topological polar surface area (TPSA) is 84.2 Å². The summed E-state index contributed by atoms with van der Waals surface area (Å²) in [5.41, 5.74) is 6.31. The number of para-hydroxylation sites is 1. The number of benzene rings is 3. The average Bonchev–Trinajstić information content (AvgIpc) is 3.12. The number of aromatic nitrogens is 4. The fourth-order valence-electron chi connectivity index (χ4n) is 6.09. The lowest BCUT2D eigenvalue weighted by Crippen LogP contribution is -2.36. The highest BCUT2D eigenvalue weighted by molar-refractivity contribution is 7.89. The summed E-state index contributed by atoms with van der Waals surface area (Å²) in [4.78, 5) is 12.8. The number of anilines is 1. The van der Waals surface area contributed by atoms with Gasteiger partial charge in [0, 0.05) is 32.6 Å². The van der Waals surface area contributed by atoms with Crippen molar-refractivity contribution in [1.82, 2.24) is 24.1 Å². The van der Waals surface area contributed by atoms with Gasteiger partial charge in [-0.2, -0.15) is 9.40 Å². The molecule has 3 aromatic carbocycles. The summed E-state index contributed by atoms with van der Waals surface area (Å²) in [6, 6.07) is 24.1. The van der Waals surface area contributed by atoms with Gasteiger partial charge in [-0.3, -0.25) is 0 Å². The lowest BCUT2D eigenvalue weighted by Gasteiger charge is -2.25. The van der Waals surface area contributed by atoms with E-state index in [1.807, 2.05) is 93.0 Å². The van der Waals surface area contributed by atoms with E-state index in [1.165, 1.54) is 0 Å². The fraction of sp³-hybridized carbons (Fsp3) is 0.303. The Hall–Kier alpha value is -4.08. The maximum atomic E-state index is 13.9. The quantitative estimate of drug-likeness (QED) is 0.262. The molecule has 2 aromatic heterocycles. The van der Waals surface area contributed by atoms with Crippen LogP contribution in [-0.2, 0) is 16.4 Å². The number of hydrogen-bond acceptors (Lipinski definition) is 6. The van der Waals surface area contributed by atoms with Crippen LogP contribution >= 0.6 is 0 Å². The predicted octanol–water partition coefficient (Wildman–Crippen LogP) is 5.54.